The maximum atomic E-state index is 11.9. The van der Waals surface area contributed by atoms with Crippen molar-refractivity contribution in [2.24, 2.45) is 0 Å². The van der Waals surface area contributed by atoms with Gasteiger partial charge in [0.15, 0.2) is 0 Å². The summed E-state index contributed by atoms with van der Waals surface area (Å²) in [7, 11) is 0. The van der Waals surface area contributed by atoms with Crippen LogP contribution >= 0.6 is 11.6 Å². The number of carbonyl (C=O) groups is 1. The van der Waals surface area contributed by atoms with Crippen LogP contribution in [-0.2, 0) is 0 Å². The molecule has 21 heavy (non-hydrogen) atoms. The van der Waals surface area contributed by atoms with Crippen LogP contribution in [0.4, 0.5) is 0 Å². The Hall–Kier alpha value is -2.00. The highest BCUT2D eigenvalue weighted by Crippen LogP contribution is 2.12. The van der Waals surface area contributed by atoms with Crippen LogP contribution in [0.2, 0.25) is 5.02 Å². The zero-order valence-electron chi connectivity index (χ0n) is 11.9. The largest absolute Gasteiger partial charge is 0.494 e. The van der Waals surface area contributed by atoms with Crippen LogP contribution in [-0.4, -0.2) is 19.1 Å². The summed E-state index contributed by atoms with van der Waals surface area (Å²) in [5.74, 6) is 0.740. The van der Waals surface area contributed by atoms with Gasteiger partial charge in [-0.15, -0.1) is 0 Å². The van der Waals surface area contributed by atoms with Gasteiger partial charge in [-0.05, 0) is 49.2 Å². The van der Waals surface area contributed by atoms with Gasteiger partial charge in [-0.1, -0.05) is 29.8 Å². The Morgan fingerprint density at radius 1 is 1.19 bits per heavy atom. The highest BCUT2D eigenvalue weighted by atomic mass is 35.5. The van der Waals surface area contributed by atoms with E-state index >= 15 is 0 Å². The van der Waals surface area contributed by atoms with Gasteiger partial charge in [0, 0.05) is 17.1 Å². The van der Waals surface area contributed by atoms with E-state index in [-0.39, 0.29) is 5.91 Å². The van der Waals surface area contributed by atoms with Crippen LogP contribution in [0.25, 0.3) is 0 Å². The van der Waals surface area contributed by atoms with Crippen molar-refractivity contribution < 1.29 is 9.53 Å². The molecule has 3 nitrogen and oxygen atoms in total. The van der Waals surface area contributed by atoms with Crippen molar-refractivity contribution in [2.45, 2.75) is 13.3 Å². The maximum Gasteiger partial charge on any atom is 0.251 e. The van der Waals surface area contributed by atoms with Crippen molar-refractivity contribution in [2.75, 3.05) is 13.2 Å². The lowest BCUT2D eigenvalue weighted by Crippen LogP contribution is -2.25. The quantitative estimate of drug-likeness (QED) is 0.823. The minimum absolute atomic E-state index is 0.118. The highest BCUT2D eigenvalue weighted by molar-refractivity contribution is 6.30. The minimum Gasteiger partial charge on any atom is -0.494 e. The van der Waals surface area contributed by atoms with E-state index in [9.17, 15) is 4.79 Å². The Labute approximate surface area is 129 Å². The van der Waals surface area contributed by atoms with Crippen LogP contribution in [0, 0.1) is 6.92 Å². The van der Waals surface area contributed by atoms with Gasteiger partial charge >= 0.3 is 0 Å². The van der Waals surface area contributed by atoms with Gasteiger partial charge in [0.25, 0.3) is 5.91 Å². The SMILES string of the molecule is Cc1cccc(OCCCNC(=O)c2cccc(Cl)c2)c1. The molecule has 2 aromatic carbocycles. The molecule has 0 aromatic heterocycles. The van der Waals surface area contributed by atoms with E-state index in [1.807, 2.05) is 31.2 Å². The summed E-state index contributed by atoms with van der Waals surface area (Å²) < 4.78 is 5.62. The Bertz CT molecular complexity index is 613. The van der Waals surface area contributed by atoms with Gasteiger partial charge in [0.2, 0.25) is 0 Å². The average molecular weight is 304 g/mol. The van der Waals surface area contributed by atoms with Crippen LogP contribution in [0.5, 0.6) is 5.75 Å². The molecule has 0 saturated heterocycles. The van der Waals surface area contributed by atoms with Gasteiger partial charge in [0.05, 0.1) is 6.61 Å². The topological polar surface area (TPSA) is 38.3 Å². The van der Waals surface area contributed by atoms with Crippen LogP contribution < -0.4 is 10.1 Å². The smallest absolute Gasteiger partial charge is 0.251 e. The molecule has 0 aliphatic rings. The number of hydrogen-bond donors (Lipinski definition) is 1. The Kier molecular flexibility index (Phi) is 5.64. The molecule has 0 aliphatic heterocycles. The molecule has 0 heterocycles. The van der Waals surface area contributed by atoms with E-state index in [4.69, 9.17) is 16.3 Å². The molecule has 1 N–H and O–H groups in total. The van der Waals surface area contributed by atoms with Crippen LogP contribution in [0.3, 0.4) is 0 Å². The number of amides is 1. The van der Waals surface area contributed by atoms with Gasteiger partial charge in [-0.2, -0.15) is 0 Å². The maximum absolute atomic E-state index is 11.9. The van der Waals surface area contributed by atoms with Crippen LogP contribution in [0.1, 0.15) is 22.3 Å². The van der Waals surface area contributed by atoms with E-state index in [2.05, 4.69) is 5.32 Å². The third kappa shape index (κ3) is 5.12. The Morgan fingerprint density at radius 3 is 2.76 bits per heavy atom. The highest BCUT2D eigenvalue weighted by Gasteiger charge is 2.04. The number of benzene rings is 2. The molecule has 1 amide bonds. The number of ether oxygens (including phenoxy) is 1. The summed E-state index contributed by atoms with van der Waals surface area (Å²) in [5.41, 5.74) is 1.74. The summed E-state index contributed by atoms with van der Waals surface area (Å²) in [4.78, 5) is 11.9. The van der Waals surface area contributed by atoms with Crippen molar-refractivity contribution in [1.82, 2.24) is 5.32 Å². The second-order valence-corrected chi connectivity index (χ2v) is 5.22. The van der Waals surface area contributed by atoms with Crippen molar-refractivity contribution >= 4 is 17.5 Å². The van der Waals surface area contributed by atoms with E-state index in [1.165, 1.54) is 5.56 Å². The van der Waals surface area contributed by atoms with E-state index in [1.54, 1.807) is 24.3 Å². The second kappa shape index (κ2) is 7.70. The molecule has 2 aromatic rings. The summed E-state index contributed by atoms with van der Waals surface area (Å²) in [5, 5.41) is 3.41. The third-order valence-corrected chi connectivity index (χ3v) is 3.19. The molecule has 0 atom stereocenters. The zero-order valence-corrected chi connectivity index (χ0v) is 12.7. The lowest BCUT2D eigenvalue weighted by molar-refractivity contribution is 0.0951. The molecule has 4 heteroatoms. The molecule has 110 valence electrons. The van der Waals surface area contributed by atoms with E-state index in [0.29, 0.717) is 23.7 Å². The number of hydrogen-bond acceptors (Lipinski definition) is 2. The molecule has 0 bridgehead atoms. The van der Waals surface area contributed by atoms with Crippen molar-refractivity contribution in [1.29, 1.82) is 0 Å². The van der Waals surface area contributed by atoms with Crippen molar-refractivity contribution in [3.05, 3.63) is 64.7 Å². The number of nitrogens with one attached hydrogen (secondary N) is 1. The standard InChI is InChI=1S/C17H18ClNO2/c1-13-5-2-8-16(11-13)21-10-4-9-19-17(20)14-6-3-7-15(18)12-14/h2-3,5-8,11-12H,4,9-10H2,1H3,(H,19,20). The summed E-state index contributed by atoms with van der Waals surface area (Å²) in [6, 6.07) is 14.8. The molecule has 0 fully saturated rings. The molecule has 0 aliphatic carbocycles. The zero-order chi connectivity index (χ0) is 15.1. The first-order valence-corrected chi connectivity index (χ1v) is 7.26. The number of carbonyl (C=O) groups excluding carboxylic acids is 1. The molecular weight excluding hydrogens is 286 g/mol. The third-order valence-electron chi connectivity index (χ3n) is 2.95. The first kappa shape index (κ1) is 15.4. The Balaban J connectivity index is 1.69. The lowest BCUT2D eigenvalue weighted by Gasteiger charge is -2.08. The van der Waals surface area contributed by atoms with Crippen molar-refractivity contribution in [3.63, 3.8) is 0 Å². The molecule has 0 saturated carbocycles. The monoisotopic (exact) mass is 303 g/mol. The normalized spacial score (nSPS) is 10.2. The predicted octanol–water partition coefficient (Wildman–Crippen LogP) is 3.85. The first-order valence-electron chi connectivity index (χ1n) is 6.88. The predicted molar refractivity (Wildman–Crippen MR) is 85.1 cm³/mol. The van der Waals surface area contributed by atoms with Crippen molar-refractivity contribution in [3.8, 4) is 5.75 Å². The fourth-order valence-corrected chi connectivity index (χ4v) is 2.09. The lowest BCUT2D eigenvalue weighted by atomic mass is 10.2. The van der Waals surface area contributed by atoms with Gasteiger partial charge < -0.3 is 10.1 Å². The van der Waals surface area contributed by atoms with E-state index < -0.39 is 0 Å². The summed E-state index contributed by atoms with van der Waals surface area (Å²) in [6.07, 6.45) is 0.750. The van der Waals surface area contributed by atoms with Gasteiger partial charge in [-0.25, -0.2) is 0 Å². The molecule has 0 spiro atoms. The molecule has 0 radical (unpaired) electrons. The number of aryl methyl sites for hydroxylation is 1. The second-order valence-electron chi connectivity index (χ2n) is 4.78. The fraction of sp³-hybridized carbons (Fsp3) is 0.235. The van der Waals surface area contributed by atoms with Crippen LogP contribution in [0.15, 0.2) is 48.5 Å². The average Bonchev–Trinajstić information content (AvgIpc) is 2.47. The first-order chi connectivity index (χ1) is 10.1. The summed E-state index contributed by atoms with van der Waals surface area (Å²) in [6.45, 7) is 3.16. The summed E-state index contributed by atoms with van der Waals surface area (Å²) >= 11 is 5.85. The van der Waals surface area contributed by atoms with E-state index in [0.717, 1.165) is 12.2 Å². The minimum atomic E-state index is -0.118. The number of rotatable bonds is 6. The van der Waals surface area contributed by atoms with Gasteiger partial charge in [0.1, 0.15) is 5.75 Å². The molecule has 0 unspecified atom stereocenters. The number of halogens is 1. The molecule has 2 rings (SSSR count). The fourth-order valence-electron chi connectivity index (χ4n) is 1.90. The Morgan fingerprint density at radius 2 is 2.00 bits per heavy atom. The molecular formula is C17H18ClNO2. The van der Waals surface area contributed by atoms with Gasteiger partial charge in [-0.3, -0.25) is 4.79 Å².